The van der Waals surface area contributed by atoms with Gasteiger partial charge in [-0.3, -0.25) is 0 Å². The van der Waals surface area contributed by atoms with Gasteiger partial charge in [0.05, 0.1) is 10.9 Å². The molecule has 0 fully saturated rings. The monoisotopic (exact) mass is 283 g/mol. The van der Waals surface area contributed by atoms with Gasteiger partial charge >= 0.3 is 0 Å². The Labute approximate surface area is 112 Å². The fourth-order valence-corrected chi connectivity index (χ4v) is 4.98. The second-order valence-electron chi connectivity index (χ2n) is 4.10. The van der Waals surface area contributed by atoms with Gasteiger partial charge in [-0.2, -0.15) is 11.8 Å². The smallest absolute Gasteiger partial charge is 0.157 e. The predicted molar refractivity (Wildman–Crippen MR) is 75.7 cm³/mol. The summed E-state index contributed by atoms with van der Waals surface area (Å²) in [7, 11) is 0. The summed E-state index contributed by atoms with van der Waals surface area (Å²) < 4.78 is 0. The maximum Gasteiger partial charge on any atom is 0.157 e. The fraction of sp³-hybridized carbons (Fsp3) is 0.455. The number of aromatic nitrogens is 2. The number of nitrogens with zero attached hydrogens (tertiary/aromatic N) is 2. The van der Waals surface area contributed by atoms with E-state index in [9.17, 15) is 0 Å². The number of fused-ring (bicyclic) bond motifs is 1. The number of thioether (sulfide) groups is 1. The van der Waals surface area contributed by atoms with Crippen LogP contribution in [0.5, 0.6) is 0 Å². The van der Waals surface area contributed by atoms with E-state index in [2.05, 4.69) is 16.3 Å². The first-order valence-corrected chi connectivity index (χ1v) is 8.31. The molecule has 3 nitrogen and oxygen atoms in total. The molecule has 3 rings (SSSR count). The summed E-state index contributed by atoms with van der Waals surface area (Å²) in [5.41, 5.74) is 7.30. The van der Waals surface area contributed by atoms with Gasteiger partial charge in [0, 0.05) is 10.6 Å². The summed E-state index contributed by atoms with van der Waals surface area (Å²) >= 11 is 5.49. The Hall–Kier alpha value is -0.430. The molecule has 6 heteroatoms. The number of hydrogen-bond donors (Lipinski definition) is 1. The van der Waals surface area contributed by atoms with Crippen molar-refractivity contribution >= 4 is 34.4 Å². The van der Waals surface area contributed by atoms with Crippen LogP contribution in [0.2, 0.25) is 0 Å². The van der Waals surface area contributed by atoms with Gasteiger partial charge in [0.1, 0.15) is 5.01 Å². The number of nitrogens with two attached hydrogens (primary N) is 1. The average Bonchev–Trinajstić information content (AvgIpc) is 2.95. The van der Waals surface area contributed by atoms with Crippen molar-refractivity contribution < 1.29 is 0 Å². The summed E-state index contributed by atoms with van der Waals surface area (Å²) in [5.74, 6) is 2.39. The van der Waals surface area contributed by atoms with Crippen molar-refractivity contribution in [2.24, 2.45) is 5.73 Å². The van der Waals surface area contributed by atoms with Crippen LogP contribution in [-0.2, 0) is 12.2 Å². The van der Waals surface area contributed by atoms with Crippen molar-refractivity contribution in [3.8, 4) is 9.88 Å². The Bertz CT molecular complexity index is 506. The first-order valence-electron chi connectivity index (χ1n) is 5.52. The molecule has 0 amide bonds. The molecule has 2 aromatic rings. The molecule has 3 heterocycles. The van der Waals surface area contributed by atoms with E-state index in [1.54, 1.807) is 11.3 Å². The van der Waals surface area contributed by atoms with Gasteiger partial charge in [-0.15, -0.1) is 21.5 Å². The SMILES string of the molecule is CC(N)c1nnc(-c2cc3c(s2)CCSC3)s1. The highest BCUT2D eigenvalue weighted by molar-refractivity contribution is 7.98. The van der Waals surface area contributed by atoms with Crippen LogP contribution in [0.15, 0.2) is 6.07 Å². The van der Waals surface area contributed by atoms with Gasteiger partial charge in [0.15, 0.2) is 5.01 Å². The van der Waals surface area contributed by atoms with Crippen molar-refractivity contribution in [1.82, 2.24) is 10.2 Å². The summed E-state index contributed by atoms with van der Waals surface area (Å²) in [6.45, 7) is 1.94. The molecule has 1 atom stereocenters. The van der Waals surface area contributed by atoms with Gasteiger partial charge in [0.25, 0.3) is 0 Å². The first kappa shape index (κ1) is 11.6. The van der Waals surface area contributed by atoms with Crippen LogP contribution in [0.4, 0.5) is 0 Å². The van der Waals surface area contributed by atoms with Crippen molar-refractivity contribution in [1.29, 1.82) is 0 Å². The molecule has 17 heavy (non-hydrogen) atoms. The molecular formula is C11H13N3S3. The maximum atomic E-state index is 5.81. The van der Waals surface area contributed by atoms with Gasteiger partial charge in [-0.25, -0.2) is 0 Å². The predicted octanol–water partition coefficient (Wildman–Crippen LogP) is 3.08. The van der Waals surface area contributed by atoms with Crippen LogP contribution in [-0.4, -0.2) is 16.0 Å². The number of hydrogen-bond acceptors (Lipinski definition) is 6. The molecular weight excluding hydrogens is 270 g/mol. The standard InChI is InChI=1S/C11H13N3S3/c1-6(12)10-13-14-11(17-10)9-4-7-5-15-3-2-8(7)16-9/h4,6H,2-3,5,12H2,1H3. The lowest BCUT2D eigenvalue weighted by molar-refractivity contribution is 0.786. The lowest BCUT2D eigenvalue weighted by Gasteiger charge is -2.08. The summed E-state index contributed by atoms with van der Waals surface area (Å²) in [5, 5.41) is 10.3. The Morgan fingerprint density at radius 1 is 1.35 bits per heavy atom. The third kappa shape index (κ3) is 2.27. The van der Waals surface area contributed by atoms with E-state index in [4.69, 9.17) is 5.73 Å². The summed E-state index contributed by atoms with van der Waals surface area (Å²) in [4.78, 5) is 2.78. The molecule has 2 N–H and O–H groups in total. The van der Waals surface area contributed by atoms with Crippen LogP contribution < -0.4 is 5.73 Å². The van der Waals surface area contributed by atoms with Gasteiger partial charge in [-0.1, -0.05) is 11.3 Å². The Balaban J connectivity index is 1.94. The molecule has 0 aliphatic carbocycles. The molecule has 90 valence electrons. The quantitative estimate of drug-likeness (QED) is 0.920. The lowest BCUT2D eigenvalue weighted by Crippen LogP contribution is -2.03. The van der Waals surface area contributed by atoms with Crippen molar-refractivity contribution in [2.75, 3.05) is 5.75 Å². The van der Waals surface area contributed by atoms with Crippen molar-refractivity contribution in [2.45, 2.75) is 25.1 Å². The highest BCUT2D eigenvalue weighted by Crippen LogP contribution is 2.38. The average molecular weight is 283 g/mol. The number of rotatable bonds is 2. The zero-order chi connectivity index (χ0) is 11.8. The zero-order valence-electron chi connectivity index (χ0n) is 9.47. The maximum absolute atomic E-state index is 5.81. The largest absolute Gasteiger partial charge is 0.322 e. The van der Waals surface area contributed by atoms with E-state index >= 15 is 0 Å². The third-order valence-corrected chi connectivity index (χ3v) is 6.21. The molecule has 1 unspecified atom stereocenters. The molecule has 0 bridgehead atoms. The lowest BCUT2D eigenvalue weighted by atomic mass is 10.2. The molecule has 0 spiro atoms. The van der Waals surface area contributed by atoms with E-state index in [1.807, 2.05) is 30.0 Å². The minimum atomic E-state index is -0.0219. The Morgan fingerprint density at radius 2 is 2.24 bits per heavy atom. The van der Waals surface area contributed by atoms with E-state index in [0.717, 1.165) is 15.8 Å². The molecule has 1 aliphatic heterocycles. The molecule has 0 radical (unpaired) electrons. The van der Waals surface area contributed by atoms with Gasteiger partial charge in [0.2, 0.25) is 0 Å². The zero-order valence-corrected chi connectivity index (χ0v) is 11.9. The highest BCUT2D eigenvalue weighted by Gasteiger charge is 2.17. The van der Waals surface area contributed by atoms with Crippen molar-refractivity contribution in [3.63, 3.8) is 0 Å². The number of thiophene rings is 1. The second-order valence-corrected chi connectivity index (χ2v) is 7.35. The first-order chi connectivity index (χ1) is 8.24. The fourth-order valence-electron chi connectivity index (χ4n) is 1.77. The van der Waals surface area contributed by atoms with Crippen LogP contribution in [0.25, 0.3) is 9.88 Å². The van der Waals surface area contributed by atoms with Gasteiger partial charge in [-0.05, 0) is 30.7 Å². The summed E-state index contributed by atoms with van der Waals surface area (Å²) in [6.07, 6.45) is 1.20. The van der Waals surface area contributed by atoms with Crippen LogP contribution in [0.3, 0.4) is 0 Å². The molecule has 0 saturated carbocycles. The van der Waals surface area contributed by atoms with E-state index in [1.165, 1.54) is 27.5 Å². The minimum absolute atomic E-state index is 0.0219. The minimum Gasteiger partial charge on any atom is -0.322 e. The molecule has 2 aromatic heterocycles. The Morgan fingerprint density at radius 3 is 2.94 bits per heavy atom. The second kappa shape index (κ2) is 4.68. The topological polar surface area (TPSA) is 51.8 Å². The van der Waals surface area contributed by atoms with E-state index in [0.29, 0.717) is 0 Å². The third-order valence-electron chi connectivity index (χ3n) is 2.67. The molecule has 0 aromatic carbocycles. The number of aryl methyl sites for hydroxylation is 1. The molecule has 0 saturated heterocycles. The van der Waals surface area contributed by atoms with Crippen LogP contribution in [0, 0.1) is 0 Å². The highest BCUT2D eigenvalue weighted by atomic mass is 32.2. The van der Waals surface area contributed by atoms with Crippen LogP contribution in [0.1, 0.15) is 28.4 Å². The Kier molecular flexibility index (Phi) is 3.21. The summed E-state index contributed by atoms with van der Waals surface area (Å²) in [6, 6.07) is 2.25. The molecule has 1 aliphatic rings. The van der Waals surface area contributed by atoms with E-state index in [-0.39, 0.29) is 6.04 Å². The van der Waals surface area contributed by atoms with Crippen molar-refractivity contribution in [3.05, 3.63) is 21.5 Å². The van der Waals surface area contributed by atoms with E-state index < -0.39 is 0 Å². The normalized spacial score (nSPS) is 16.8. The van der Waals surface area contributed by atoms with Crippen LogP contribution >= 0.6 is 34.4 Å². The van der Waals surface area contributed by atoms with Gasteiger partial charge < -0.3 is 5.73 Å².